The first-order valence-electron chi connectivity index (χ1n) is 6.79. The molecule has 1 heterocycles. The number of para-hydroxylation sites is 1. The van der Waals surface area contributed by atoms with Crippen LogP contribution in [0.3, 0.4) is 0 Å². The monoisotopic (exact) mass is 334 g/mol. The molecule has 0 atom stereocenters. The highest BCUT2D eigenvalue weighted by Crippen LogP contribution is 2.32. The third kappa shape index (κ3) is 2.93. The minimum atomic E-state index is -3.96. The Morgan fingerprint density at radius 3 is 2.43 bits per heavy atom. The second-order valence-corrected chi connectivity index (χ2v) is 6.76. The number of benzene rings is 2. The zero-order chi connectivity index (χ0) is 16.6. The summed E-state index contributed by atoms with van der Waals surface area (Å²) in [6, 6.07) is 11.3. The van der Waals surface area contributed by atoms with Crippen LogP contribution in [0.25, 0.3) is 0 Å². The quantitative estimate of drug-likeness (QED) is 0.772. The number of nitrogens with zero attached hydrogens (tertiary/aromatic N) is 1. The van der Waals surface area contributed by atoms with Crippen molar-refractivity contribution in [1.29, 1.82) is 0 Å². The summed E-state index contributed by atoms with van der Waals surface area (Å²) < 4.78 is 26.3. The Kier molecular flexibility index (Phi) is 3.61. The van der Waals surface area contributed by atoms with Gasteiger partial charge < -0.3 is 10.2 Å². The van der Waals surface area contributed by atoms with E-state index in [9.17, 15) is 23.4 Å². The molecule has 3 rings (SSSR count). The van der Waals surface area contributed by atoms with E-state index in [-0.39, 0.29) is 23.7 Å². The maximum Gasteiger partial charge on any atom is 0.326 e. The molecular weight excluding hydrogens is 320 g/mol. The number of aromatic hydroxyl groups is 2. The molecule has 0 aromatic heterocycles. The van der Waals surface area contributed by atoms with Crippen LogP contribution in [-0.4, -0.2) is 31.1 Å². The first kappa shape index (κ1) is 15.2. The van der Waals surface area contributed by atoms with Gasteiger partial charge in [-0.1, -0.05) is 24.3 Å². The van der Waals surface area contributed by atoms with Gasteiger partial charge >= 0.3 is 10.2 Å². The highest BCUT2D eigenvalue weighted by molar-refractivity contribution is 7.92. The Bertz CT molecular complexity index is 879. The van der Waals surface area contributed by atoms with Crippen LogP contribution in [0.4, 0.5) is 5.69 Å². The first-order valence-corrected chi connectivity index (χ1v) is 8.23. The van der Waals surface area contributed by atoms with E-state index in [2.05, 4.69) is 0 Å². The molecule has 0 unspecified atom stereocenters. The van der Waals surface area contributed by atoms with Crippen LogP contribution in [0.2, 0.25) is 0 Å². The van der Waals surface area contributed by atoms with Gasteiger partial charge in [-0.05, 0) is 29.3 Å². The van der Waals surface area contributed by atoms with Crippen molar-refractivity contribution in [3.63, 3.8) is 0 Å². The Morgan fingerprint density at radius 2 is 1.83 bits per heavy atom. The average molecular weight is 334 g/mol. The molecule has 0 spiro atoms. The summed E-state index contributed by atoms with van der Waals surface area (Å²) in [5.41, 5.74) is 1.42. The molecule has 0 bridgehead atoms. The van der Waals surface area contributed by atoms with Gasteiger partial charge in [0.2, 0.25) is 0 Å². The molecule has 3 N–H and O–H groups in total. The van der Waals surface area contributed by atoms with Gasteiger partial charge in [0.25, 0.3) is 5.91 Å². The number of rotatable bonds is 3. The molecule has 1 aliphatic rings. The SMILES string of the molecule is O=C1CN(c2ccc(Cc3ccccc3O)cc2O)S(=O)(=O)N1. The van der Waals surface area contributed by atoms with E-state index >= 15 is 0 Å². The molecule has 0 saturated carbocycles. The number of phenols is 2. The molecule has 23 heavy (non-hydrogen) atoms. The summed E-state index contributed by atoms with van der Waals surface area (Å²) in [5, 5.41) is 19.9. The van der Waals surface area contributed by atoms with Crippen molar-refractivity contribution in [3.05, 3.63) is 53.6 Å². The van der Waals surface area contributed by atoms with Crippen LogP contribution < -0.4 is 9.03 Å². The van der Waals surface area contributed by atoms with Crippen molar-refractivity contribution in [2.24, 2.45) is 0 Å². The molecule has 8 heteroatoms. The van der Waals surface area contributed by atoms with Crippen LogP contribution in [0.5, 0.6) is 11.5 Å². The number of carbonyl (C=O) groups excluding carboxylic acids is 1. The fourth-order valence-corrected chi connectivity index (χ4v) is 3.59. The third-order valence-electron chi connectivity index (χ3n) is 3.51. The topological polar surface area (TPSA) is 107 Å². The molecule has 120 valence electrons. The zero-order valence-electron chi connectivity index (χ0n) is 11.9. The maximum atomic E-state index is 11.8. The summed E-state index contributed by atoms with van der Waals surface area (Å²) in [7, 11) is -3.96. The highest BCUT2D eigenvalue weighted by Gasteiger charge is 2.35. The first-order chi connectivity index (χ1) is 10.9. The molecule has 2 aromatic rings. The van der Waals surface area contributed by atoms with E-state index in [0.29, 0.717) is 17.5 Å². The van der Waals surface area contributed by atoms with E-state index in [1.54, 1.807) is 30.3 Å². The molecule has 0 radical (unpaired) electrons. The Hall–Kier alpha value is -2.74. The van der Waals surface area contributed by atoms with Crippen molar-refractivity contribution in [2.45, 2.75) is 6.42 Å². The second-order valence-electron chi connectivity index (χ2n) is 5.17. The number of hydrogen-bond donors (Lipinski definition) is 3. The van der Waals surface area contributed by atoms with Gasteiger partial charge in [-0.25, -0.2) is 9.03 Å². The van der Waals surface area contributed by atoms with Gasteiger partial charge in [0.05, 0.1) is 5.69 Å². The predicted octanol–water partition coefficient (Wildman–Crippen LogP) is 0.870. The summed E-state index contributed by atoms with van der Waals surface area (Å²) >= 11 is 0. The van der Waals surface area contributed by atoms with Crippen molar-refractivity contribution in [2.75, 3.05) is 10.8 Å². The second kappa shape index (κ2) is 5.47. The van der Waals surface area contributed by atoms with E-state index in [1.165, 1.54) is 12.1 Å². The third-order valence-corrected chi connectivity index (χ3v) is 4.91. The molecule has 1 aliphatic heterocycles. The fourth-order valence-electron chi connectivity index (χ4n) is 2.43. The Labute approximate surface area is 133 Å². The molecule has 1 saturated heterocycles. The van der Waals surface area contributed by atoms with Crippen LogP contribution >= 0.6 is 0 Å². The minimum Gasteiger partial charge on any atom is -0.508 e. The van der Waals surface area contributed by atoms with Crippen LogP contribution in [0.15, 0.2) is 42.5 Å². The zero-order valence-corrected chi connectivity index (χ0v) is 12.7. The van der Waals surface area contributed by atoms with Crippen molar-refractivity contribution >= 4 is 21.8 Å². The Morgan fingerprint density at radius 1 is 1.09 bits per heavy atom. The Balaban J connectivity index is 1.90. The summed E-state index contributed by atoms with van der Waals surface area (Å²) in [6.45, 7) is -0.366. The van der Waals surface area contributed by atoms with Gasteiger partial charge in [0.15, 0.2) is 0 Å². The number of amides is 1. The number of hydrogen-bond acceptors (Lipinski definition) is 5. The molecule has 1 fully saturated rings. The molecule has 1 amide bonds. The molecule has 7 nitrogen and oxygen atoms in total. The summed E-state index contributed by atoms with van der Waals surface area (Å²) in [5.74, 6) is -0.756. The normalized spacial score (nSPS) is 16.3. The van der Waals surface area contributed by atoms with Crippen molar-refractivity contribution in [1.82, 2.24) is 4.72 Å². The largest absolute Gasteiger partial charge is 0.508 e. The fraction of sp³-hybridized carbons (Fsp3) is 0.133. The predicted molar refractivity (Wildman–Crippen MR) is 83.4 cm³/mol. The van der Waals surface area contributed by atoms with Crippen LogP contribution in [-0.2, 0) is 21.4 Å². The van der Waals surface area contributed by atoms with E-state index in [0.717, 1.165) is 4.31 Å². The number of nitrogens with one attached hydrogen (secondary N) is 1. The lowest BCUT2D eigenvalue weighted by Crippen LogP contribution is -2.29. The lowest BCUT2D eigenvalue weighted by atomic mass is 10.0. The lowest BCUT2D eigenvalue weighted by Gasteiger charge is -2.16. The molecule has 0 aliphatic carbocycles. The van der Waals surface area contributed by atoms with Crippen molar-refractivity contribution in [3.8, 4) is 11.5 Å². The standard InChI is InChI=1S/C15H14N2O5S/c18-13-4-2-1-3-11(13)7-10-5-6-12(14(19)8-10)17-9-15(20)16-23(17,21)22/h1-6,8,18-19H,7,9H2,(H,16,20). The molecule has 2 aromatic carbocycles. The van der Waals surface area contributed by atoms with E-state index < -0.39 is 16.1 Å². The van der Waals surface area contributed by atoms with E-state index in [4.69, 9.17) is 0 Å². The maximum absolute atomic E-state index is 11.8. The van der Waals surface area contributed by atoms with Gasteiger partial charge in [-0.2, -0.15) is 8.42 Å². The van der Waals surface area contributed by atoms with Crippen molar-refractivity contribution < 1.29 is 23.4 Å². The highest BCUT2D eigenvalue weighted by atomic mass is 32.2. The van der Waals surface area contributed by atoms with Gasteiger partial charge in [-0.15, -0.1) is 0 Å². The van der Waals surface area contributed by atoms with Crippen LogP contribution in [0.1, 0.15) is 11.1 Å². The molecular formula is C15H14N2O5S. The van der Waals surface area contributed by atoms with Gasteiger partial charge in [0, 0.05) is 6.42 Å². The van der Waals surface area contributed by atoms with E-state index in [1.807, 2.05) is 4.72 Å². The minimum absolute atomic E-state index is 0.0318. The lowest BCUT2D eigenvalue weighted by molar-refractivity contribution is -0.117. The number of phenolic OH excluding ortho intramolecular Hbond substituents is 2. The van der Waals surface area contributed by atoms with Gasteiger partial charge in [-0.3, -0.25) is 4.79 Å². The summed E-state index contributed by atoms with van der Waals surface area (Å²) in [6.07, 6.45) is 0.379. The smallest absolute Gasteiger partial charge is 0.326 e. The van der Waals surface area contributed by atoms with Crippen LogP contribution in [0, 0.1) is 0 Å². The summed E-state index contributed by atoms with van der Waals surface area (Å²) in [4.78, 5) is 11.3. The van der Waals surface area contributed by atoms with Gasteiger partial charge in [0.1, 0.15) is 18.0 Å². The average Bonchev–Trinajstić information content (AvgIpc) is 2.74. The number of anilines is 1. The number of carbonyl (C=O) groups is 1.